The summed E-state index contributed by atoms with van der Waals surface area (Å²) in [5, 5.41) is 4.03. The molecule has 2 aromatic rings. The van der Waals surface area contributed by atoms with Gasteiger partial charge in [-0.1, -0.05) is 31.2 Å². The van der Waals surface area contributed by atoms with Crippen LogP contribution in [0, 0.1) is 0 Å². The minimum Gasteiger partial charge on any atom is -0.368 e. The van der Waals surface area contributed by atoms with Crippen LogP contribution in [0.2, 0.25) is 0 Å². The molecule has 0 bridgehead atoms. The second-order valence-electron chi connectivity index (χ2n) is 3.45. The summed E-state index contributed by atoms with van der Waals surface area (Å²) in [6.07, 6.45) is 2.53. The van der Waals surface area contributed by atoms with Gasteiger partial charge in [0.2, 0.25) is 5.95 Å². The molecule has 1 aromatic carbocycles. The number of rotatable bonds is 3. The minimum atomic E-state index is 0.453. The van der Waals surface area contributed by atoms with E-state index in [4.69, 9.17) is 5.73 Å². The first-order valence-corrected chi connectivity index (χ1v) is 5.00. The van der Waals surface area contributed by atoms with E-state index in [1.54, 1.807) is 4.68 Å². The van der Waals surface area contributed by atoms with Crippen molar-refractivity contribution < 1.29 is 0 Å². The molecule has 0 aliphatic carbocycles. The molecule has 0 spiro atoms. The Bertz CT molecular complexity index is 430. The number of benzene rings is 1. The summed E-state index contributed by atoms with van der Waals surface area (Å²) in [4.78, 5) is 3.88. The van der Waals surface area contributed by atoms with Crippen LogP contribution in [-0.4, -0.2) is 14.8 Å². The zero-order chi connectivity index (χ0) is 10.7. The highest BCUT2D eigenvalue weighted by Crippen LogP contribution is 2.07. The first kappa shape index (κ1) is 9.71. The molecule has 1 heterocycles. The Morgan fingerprint density at radius 2 is 1.87 bits per heavy atom. The number of nitrogen functional groups attached to an aromatic ring is 1. The standard InChI is InChI=1S/C11H14N4/c1-2-9-3-5-10(6-4-9)7-15-11(12)13-8-14-15/h3-6,8H,2,7H2,1H3,(H2,12,13,14). The Morgan fingerprint density at radius 1 is 1.20 bits per heavy atom. The van der Waals surface area contributed by atoms with Gasteiger partial charge in [0.1, 0.15) is 6.33 Å². The molecule has 0 radical (unpaired) electrons. The molecule has 0 aliphatic heterocycles. The largest absolute Gasteiger partial charge is 0.368 e. The minimum absolute atomic E-state index is 0.453. The van der Waals surface area contributed by atoms with E-state index in [-0.39, 0.29) is 0 Å². The Morgan fingerprint density at radius 3 is 2.40 bits per heavy atom. The maximum atomic E-state index is 5.63. The van der Waals surface area contributed by atoms with E-state index in [1.807, 2.05) is 0 Å². The van der Waals surface area contributed by atoms with E-state index < -0.39 is 0 Å². The van der Waals surface area contributed by atoms with Crippen LogP contribution in [0.15, 0.2) is 30.6 Å². The van der Waals surface area contributed by atoms with Gasteiger partial charge in [-0.25, -0.2) is 9.67 Å². The Balaban J connectivity index is 2.14. The summed E-state index contributed by atoms with van der Waals surface area (Å²) < 4.78 is 1.68. The van der Waals surface area contributed by atoms with Crippen molar-refractivity contribution in [3.05, 3.63) is 41.7 Å². The van der Waals surface area contributed by atoms with E-state index in [1.165, 1.54) is 17.5 Å². The quantitative estimate of drug-likeness (QED) is 0.820. The van der Waals surface area contributed by atoms with E-state index in [0.717, 1.165) is 6.42 Å². The van der Waals surface area contributed by atoms with Crippen LogP contribution in [0.1, 0.15) is 18.1 Å². The molecular formula is C11H14N4. The van der Waals surface area contributed by atoms with Gasteiger partial charge in [0.25, 0.3) is 0 Å². The number of aryl methyl sites for hydroxylation is 1. The average molecular weight is 202 g/mol. The van der Waals surface area contributed by atoms with Crippen LogP contribution in [0.5, 0.6) is 0 Å². The number of anilines is 1. The summed E-state index contributed by atoms with van der Waals surface area (Å²) in [6, 6.07) is 8.45. The smallest absolute Gasteiger partial charge is 0.218 e. The molecule has 0 saturated heterocycles. The lowest BCUT2D eigenvalue weighted by atomic mass is 10.1. The molecule has 0 saturated carbocycles. The molecule has 15 heavy (non-hydrogen) atoms. The molecule has 0 amide bonds. The summed E-state index contributed by atoms with van der Waals surface area (Å²) in [5.41, 5.74) is 8.16. The molecule has 0 fully saturated rings. The fourth-order valence-corrected chi connectivity index (χ4v) is 1.45. The van der Waals surface area contributed by atoms with E-state index in [9.17, 15) is 0 Å². The lowest BCUT2D eigenvalue weighted by molar-refractivity contribution is 0.696. The predicted octanol–water partition coefficient (Wildman–Crippen LogP) is 1.47. The van der Waals surface area contributed by atoms with Crippen LogP contribution in [0.4, 0.5) is 5.95 Å². The zero-order valence-electron chi connectivity index (χ0n) is 8.72. The van der Waals surface area contributed by atoms with Crippen molar-refractivity contribution in [2.24, 2.45) is 0 Å². The molecule has 0 aliphatic rings. The number of nitrogens with two attached hydrogens (primary N) is 1. The van der Waals surface area contributed by atoms with Crippen molar-refractivity contribution in [1.82, 2.24) is 14.8 Å². The molecule has 2 N–H and O–H groups in total. The Hall–Kier alpha value is -1.84. The van der Waals surface area contributed by atoms with Crippen LogP contribution >= 0.6 is 0 Å². The number of hydrogen-bond donors (Lipinski definition) is 1. The second kappa shape index (κ2) is 4.13. The topological polar surface area (TPSA) is 56.7 Å². The van der Waals surface area contributed by atoms with Gasteiger partial charge < -0.3 is 5.73 Å². The van der Waals surface area contributed by atoms with Crippen molar-refractivity contribution in [1.29, 1.82) is 0 Å². The highest BCUT2D eigenvalue weighted by atomic mass is 15.4. The van der Waals surface area contributed by atoms with Crippen molar-refractivity contribution in [2.45, 2.75) is 19.9 Å². The van der Waals surface area contributed by atoms with Gasteiger partial charge in [-0.15, -0.1) is 0 Å². The third-order valence-corrected chi connectivity index (χ3v) is 2.41. The number of nitrogens with zero attached hydrogens (tertiary/aromatic N) is 3. The van der Waals surface area contributed by atoms with Crippen LogP contribution in [0.25, 0.3) is 0 Å². The fraction of sp³-hybridized carbons (Fsp3) is 0.273. The number of aromatic nitrogens is 3. The zero-order valence-corrected chi connectivity index (χ0v) is 8.72. The van der Waals surface area contributed by atoms with Gasteiger partial charge in [-0.3, -0.25) is 0 Å². The van der Waals surface area contributed by atoms with Crippen molar-refractivity contribution in [2.75, 3.05) is 5.73 Å². The molecule has 4 heteroatoms. The summed E-state index contributed by atoms with van der Waals surface area (Å²) in [6.45, 7) is 2.82. The summed E-state index contributed by atoms with van der Waals surface area (Å²) in [5.74, 6) is 0.453. The van der Waals surface area contributed by atoms with E-state index in [2.05, 4.69) is 41.3 Å². The van der Waals surface area contributed by atoms with Crippen molar-refractivity contribution >= 4 is 5.95 Å². The van der Waals surface area contributed by atoms with Crippen LogP contribution < -0.4 is 5.73 Å². The van der Waals surface area contributed by atoms with Gasteiger partial charge in [0.15, 0.2) is 0 Å². The third kappa shape index (κ3) is 2.15. The summed E-state index contributed by atoms with van der Waals surface area (Å²) in [7, 11) is 0. The predicted molar refractivity (Wildman–Crippen MR) is 59.4 cm³/mol. The molecule has 0 unspecified atom stereocenters. The highest BCUT2D eigenvalue weighted by Gasteiger charge is 2.00. The first-order chi connectivity index (χ1) is 7.29. The SMILES string of the molecule is CCc1ccc(Cn2ncnc2N)cc1. The number of hydrogen-bond acceptors (Lipinski definition) is 3. The molecule has 78 valence electrons. The molecule has 0 atom stereocenters. The average Bonchev–Trinajstić information content (AvgIpc) is 2.66. The second-order valence-corrected chi connectivity index (χ2v) is 3.45. The van der Waals surface area contributed by atoms with Crippen molar-refractivity contribution in [3.8, 4) is 0 Å². The monoisotopic (exact) mass is 202 g/mol. The Labute approximate surface area is 88.8 Å². The van der Waals surface area contributed by atoms with E-state index >= 15 is 0 Å². The fourth-order valence-electron chi connectivity index (χ4n) is 1.45. The third-order valence-electron chi connectivity index (χ3n) is 2.41. The van der Waals surface area contributed by atoms with Crippen LogP contribution in [-0.2, 0) is 13.0 Å². The van der Waals surface area contributed by atoms with E-state index in [0.29, 0.717) is 12.5 Å². The van der Waals surface area contributed by atoms with Gasteiger partial charge in [0.05, 0.1) is 6.54 Å². The van der Waals surface area contributed by atoms with Crippen LogP contribution in [0.3, 0.4) is 0 Å². The normalized spacial score (nSPS) is 10.5. The molecule has 1 aromatic heterocycles. The van der Waals surface area contributed by atoms with Gasteiger partial charge in [-0.05, 0) is 17.5 Å². The van der Waals surface area contributed by atoms with Gasteiger partial charge in [-0.2, -0.15) is 5.10 Å². The highest BCUT2D eigenvalue weighted by molar-refractivity contribution is 5.24. The van der Waals surface area contributed by atoms with Gasteiger partial charge in [0, 0.05) is 0 Å². The lowest BCUT2D eigenvalue weighted by Crippen LogP contribution is -2.06. The first-order valence-electron chi connectivity index (χ1n) is 5.00. The molecule has 4 nitrogen and oxygen atoms in total. The van der Waals surface area contributed by atoms with Gasteiger partial charge >= 0.3 is 0 Å². The maximum Gasteiger partial charge on any atom is 0.218 e. The molecule has 2 rings (SSSR count). The lowest BCUT2D eigenvalue weighted by Gasteiger charge is -2.03. The Kier molecular flexibility index (Phi) is 2.67. The maximum absolute atomic E-state index is 5.63. The molecular weight excluding hydrogens is 188 g/mol. The van der Waals surface area contributed by atoms with Crippen molar-refractivity contribution in [3.63, 3.8) is 0 Å². The summed E-state index contributed by atoms with van der Waals surface area (Å²) >= 11 is 0.